The number of aromatic nitrogens is 1. The summed E-state index contributed by atoms with van der Waals surface area (Å²) in [5.74, 6) is 1.06. The van der Waals surface area contributed by atoms with E-state index in [1.807, 2.05) is 17.1 Å². The molecular formula is C12H12N2OS2. The fraction of sp³-hybridized carbons (Fsp3) is 0.250. The summed E-state index contributed by atoms with van der Waals surface area (Å²) in [5, 5.41) is 5.36. The van der Waals surface area contributed by atoms with E-state index < -0.39 is 0 Å². The Hall–Kier alpha value is -1.04. The van der Waals surface area contributed by atoms with Crippen LogP contribution < -0.4 is 10.2 Å². The van der Waals surface area contributed by atoms with Gasteiger partial charge in [-0.3, -0.25) is 4.79 Å². The summed E-state index contributed by atoms with van der Waals surface area (Å²) < 4.78 is 0. The minimum Gasteiger partial charge on any atom is -0.315 e. The molecule has 0 amide bonds. The molecule has 88 valence electrons. The van der Waals surface area contributed by atoms with E-state index in [0.29, 0.717) is 6.04 Å². The number of fused-ring (bicyclic) bond motifs is 1. The van der Waals surface area contributed by atoms with Crippen LogP contribution in [0.2, 0.25) is 0 Å². The van der Waals surface area contributed by atoms with Crippen molar-refractivity contribution in [2.75, 3.05) is 5.75 Å². The fourth-order valence-corrected chi connectivity index (χ4v) is 3.74. The van der Waals surface area contributed by atoms with Crippen LogP contribution in [0.1, 0.15) is 17.3 Å². The maximum atomic E-state index is 11.0. The van der Waals surface area contributed by atoms with Crippen molar-refractivity contribution in [2.45, 2.75) is 17.5 Å². The van der Waals surface area contributed by atoms with Gasteiger partial charge in [0.1, 0.15) is 0 Å². The number of rotatable bonds is 3. The molecule has 0 fully saturated rings. The molecule has 5 heteroatoms. The van der Waals surface area contributed by atoms with Gasteiger partial charge < -0.3 is 10.3 Å². The maximum Gasteiger partial charge on any atom is 0.304 e. The number of thiazole rings is 1. The average Bonchev–Trinajstić information content (AvgIpc) is 2.93. The van der Waals surface area contributed by atoms with Crippen molar-refractivity contribution in [1.29, 1.82) is 0 Å². The molecule has 2 aromatic rings. The topological polar surface area (TPSA) is 44.9 Å². The largest absolute Gasteiger partial charge is 0.315 e. The van der Waals surface area contributed by atoms with Crippen LogP contribution in [0, 0.1) is 0 Å². The number of H-pyrrole nitrogens is 1. The van der Waals surface area contributed by atoms with Gasteiger partial charge in [0, 0.05) is 34.3 Å². The lowest BCUT2D eigenvalue weighted by molar-refractivity contribution is 0.577. The van der Waals surface area contributed by atoms with Gasteiger partial charge in [-0.05, 0) is 11.6 Å². The minimum absolute atomic E-state index is 0.0167. The lowest BCUT2D eigenvalue weighted by Crippen LogP contribution is -2.21. The molecule has 1 unspecified atom stereocenters. The van der Waals surface area contributed by atoms with Crippen molar-refractivity contribution in [3.05, 3.63) is 50.6 Å². The first-order chi connectivity index (χ1) is 8.33. The van der Waals surface area contributed by atoms with Crippen LogP contribution in [0.3, 0.4) is 0 Å². The molecule has 1 aromatic carbocycles. The Morgan fingerprint density at radius 2 is 2.29 bits per heavy atom. The standard InChI is InChI=1S/C12H12N2OS2/c15-12-14-8(6-17-12)5-13-10-7-16-11-4-2-1-3-9(10)11/h1-4,6,10,13H,5,7H2,(H,14,15). The molecule has 1 aliphatic heterocycles. The zero-order chi connectivity index (χ0) is 11.7. The number of benzene rings is 1. The van der Waals surface area contributed by atoms with E-state index in [0.717, 1.165) is 18.0 Å². The molecular weight excluding hydrogens is 252 g/mol. The van der Waals surface area contributed by atoms with E-state index in [9.17, 15) is 4.79 Å². The van der Waals surface area contributed by atoms with Gasteiger partial charge in [0.05, 0.1) is 0 Å². The highest BCUT2D eigenvalue weighted by atomic mass is 32.2. The predicted molar refractivity (Wildman–Crippen MR) is 71.7 cm³/mol. The van der Waals surface area contributed by atoms with E-state index in [4.69, 9.17) is 0 Å². The van der Waals surface area contributed by atoms with Crippen molar-refractivity contribution in [3.8, 4) is 0 Å². The zero-order valence-electron chi connectivity index (χ0n) is 9.10. The van der Waals surface area contributed by atoms with Gasteiger partial charge in [0.2, 0.25) is 0 Å². The zero-order valence-corrected chi connectivity index (χ0v) is 10.7. The van der Waals surface area contributed by atoms with Crippen LogP contribution in [0.25, 0.3) is 0 Å². The first-order valence-corrected chi connectivity index (χ1v) is 7.31. The van der Waals surface area contributed by atoms with Gasteiger partial charge in [-0.2, -0.15) is 0 Å². The van der Waals surface area contributed by atoms with Crippen molar-refractivity contribution in [1.82, 2.24) is 10.3 Å². The van der Waals surface area contributed by atoms with E-state index in [-0.39, 0.29) is 4.87 Å². The van der Waals surface area contributed by atoms with Crippen LogP contribution in [0.5, 0.6) is 0 Å². The minimum atomic E-state index is 0.0167. The first kappa shape index (κ1) is 11.1. The summed E-state index contributed by atoms with van der Waals surface area (Å²) >= 11 is 3.10. The lowest BCUT2D eigenvalue weighted by atomic mass is 10.1. The molecule has 0 bridgehead atoms. The van der Waals surface area contributed by atoms with Crippen LogP contribution >= 0.6 is 23.1 Å². The van der Waals surface area contributed by atoms with Crippen LogP contribution in [-0.4, -0.2) is 10.7 Å². The maximum absolute atomic E-state index is 11.0. The van der Waals surface area contributed by atoms with Crippen molar-refractivity contribution >= 4 is 23.1 Å². The second-order valence-electron chi connectivity index (χ2n) is 3.96. The van der Waals surface area contributed by atoms with E-state index in [1.165, 1.54) is 21.8 Å². The van der Waals surface area contributed by atoms with Gasteiger partial charge in [-0.1, -0.05) is 29.5 Å². The van der Waals surface area contributed by atoms with Gasteiger partial charge in [0.25, 0.3) is 0 Å². The number of hydrogen-bond donors (Lipinski definition) is 2. The quantitative estimate of drug-likeness (QED) is 0.894. The Bertz CT molecular complexity index is 576. The van der Waals surface area contributed by atoms with Gasteiger partial charge in [0.15, 0.2) is 0 Å². The second-order valence-corrected chi connectivity index (χ2v) is 5.86. The number of hydrogen-bond acceptors (Lipinski definition) is 4. The van der Waals surface area contributed by atoms with Crippen molar-refractivity contribution in [2.24, 2.45) is 0 Å². The number of thioether (sulfide) groups is 1. The molecule has 0 saturated heterocycles. The molecule has 1 aromatic heterocycles. The first-order valence-electron chi connectivity index (χ1n) is 5.45. The normalized spacial score (nSPS) is 18.2. The molecule has 1 aliphatic rings. The average molecular weight is 264 g/mol. The monoisotopic (exact) mass is 264 g/mol. The highest BCUT2D eigenvalue weighted by molar-refractivity contribution is 7.99. The van der Waals surface area contributed by atoms with E-state index >= 15 is 0 Å². The molecule has 0 aliphatic carbocycles. The fourth-order valence-electron chi connectivity index (χ4n) is 1.97. The Morgan fingerprint density at radius 3 is 3.12 bits per heavy atom. The number of nitrogens with one attached hydrogen (secondary N) is 2. The molecule has 1 atom stereocenters. The SMILES string of the molecule is O=c1[nH]c(CNC2CSc3ccccc32)cs1. The summed E-state index contributed by atoms with van der Waals surface area (Å²) in [6.45, 7) is 0.721. The summed E-state index contributed by atoms with van der Waals surface area (Å²) in [7, 11) is 0. The second kappa shape index (κ2) is 4.68. The highest BCUT2D eigenvalue weighted by Gasteiger charge is 2.21. The molecule has 2 N–H and O–H groups in total. The van der Waals surface area contributed by atoms with Gasteiger partial charge in [-0.15, -0.1) is 11.8 Å². The highest BCUT2D eigenvalue weighted by Crippen LogP contribution is 2.37. The summed E-state index contributed by atoms with van der Waals surface area (Å²) in [4.78, 5) is 15.2. The van der Waals surface area contributed by atoms with Crippen molar-refractivity contribution < 1.29 is 0 Å². The summed E-state index contributed by atoms with van der Waals surface area (Å²) in [6, 6.07) is 8.87. The van der Waals surface area contributed by atoms with Crippen LogP contribution in [-0.2, 0) is 6.54 Å². The van der Waals surface area contributed by atoms with E-state index in [1.54, 1.807) is 0 Å². The Morgan fingerprint density at radius 1 is 1.41 bits per heavy atom. The molecule has 3 nitrogen and oxygen atoms in total. The third-order valence-corrected chi connectivity index (χ3v) is 4.71. The number of aromatic amines is 1. The summed E-state index contributed by atoms with van der Waals surface area (Å²) in [5.41, 5.74) is 2.34. The third-order valence-electron chi connectivity index (χ3n) is 2.81. The third kappa shape index (κ3) is 2.31. The molecule has 17 heavy (non-hydrogen) atoms. The molecule has 3 rings (SSSR count). The Labute approximate surface area is 107 Å². The lowest BCUT2D eigenvalue weighted by Gasteiger charge is -2.11. The predicted octanol–water partition coefficient (Wildman–Crippen LogP) is 2.37. The molecule has 0 spiro atoms. The Balaban J connectivity index is 1.70. The van der Waals surface area contributed by atoms with E-state index in [2.05, 4.69) is 34.6 Å². The van der Waals surface area contributed by atoms with Gasteiger partial charge in [-0.25, -0.2) is 0 Å². The van der Waals surface area contributed by atoms with Crippen LogP contribution in [0.4, 0.5) is 0 Å². The van der Waals surface area contributed by atoms with Crippen molar-refractivity contribution in [3.63, 3.8) is 0 Å². The summed E-state index contributed by atoms with van der Waals surface area (Å²) in [6.07, 6.45) is 0. The smallest absolute Gasteiger partial charge is 0.304 e. The molecule has 0 saturated carbocycles. The molecule has 2 heterocycles. The van der Waals surface area contributed by atoms with Crippen LogP contribution in [0.15, 0.2) is 39.3 Å². The van der Waals surface area contributed by atoms with Gasteiger partial charge >= 0.3 is 4.87 Å². The Kier molecular flexibility index (Phi) is 3.05. The molecule has 0 radical (unpaired) electrons.